The molecule has 1 rings (SSSR count). The highest BCUT2D eigenvalue weighted by Crippen LogP contribution is 2.22. The lowest BCUT2D eigenvalue weighted by Gasteiger charge is -2.16. The normalized spacial score (nSPS) is 13.6. The van der Waals surface area contributed by atoms with Crippen LogP contribution in [0.15, 0.2) is 18.2 Å². The molecule has 27 heavy (non-hydrogen) atoms. The second-order valence-corrected chi connectivity index (χ2v) is 8.80. The van der Waals surface area contributed by atoms with Gasteiger partial charge >= 0.3 is 0 Å². The molecule has 0 saturated heterocycles. The van der Waals surface area contributed by atoms with Gasteiger partial charge in [0, 0.05) is 12.1 Å². The molecule has 0 aliphatic rings. The zero-order chi connectivity index (χ0) is 20.2. The van der Waals surface area contributed by atoms with Crippen LogP contribution in [0.5, 0.6) is 0 Å². The predicted molar refractivity (Wildman–Crippen MR) is 115 cm³/mol. The van der Waals surface area contributed by atoms with Gasteiger partial charge in [0.2, 0.25) is 0 Å². The van der Waals surface area contributed by atoms with Gasteiger partial charge in [0.1, 0.15) is 0 Å². The maximum Gasteiger partial charge on any atom is 0.251 e. The molecule has 0 heterocycles. The number of aliphatic hydroxyl groups is 1. The van der Waals surface area contributed by atoms with Crippen molar-refractivity contribution in [2.45, 2.75) is 79.6 Å². The summed E-state index contributed by atoms with van der Waals surface area (Å²) in [6.45, 7) is 11.6. The van der Waals surface area contributed by atoms with Crippen molar-refractivity contribution in [1.82, 2.24) is 5.32 Å². The number of hydrogen-bond acceptors (Lipinski definition) is 2. The highest BCUT2D eigenvalue weighted by molar-refractivity contribution is 5.95. The average Bonchev–Trinajstić information content (AvgIpc) is 2.59. The molecule has 0 aliphatic carbocycles. The van der Waals surface area contributed by atoms with Gasteiger partial charge in [-0.05, 0) is 48.3 Å². The van der Waals surface area contributed by atoms with Gasteiger partial charge in [0.15, 0.2) is 0 Å². The Morgan fingerprint density at radius 2 is 1.63 bits per heavy atom. The van der Waals surface area contributed by atoms with E-state index in [1.807, 2.05) is 13.0 Å². The zero-order valence-corrected chi connectivity index (χ0v) is 18.2. The molecule has 1 aromatic rings. The van der Waals surface area contributed by atoms with Crippen LogP contribution in [0.25, 0.3) is 0 Å². The van der Waals surface area contributed by atoms with Gasteiger partial charge in [-0.1, -0.05) is 78.4 Å². The molecule has 0 bridgehead atoms. The lowest BCUT2D eigenvalue weighted by atomic mass is 9.90. The first kappa shape index (κ1) is 23.7. The number of rotatable bonds is 13. The number of amides is 1. The van der Waals surface area contributed by atoms with Crippen LogP contribution >= 0.6 is 0 Å². The third-order valence-electron chi connectivity index (χ3n) is 5.39. The van der Waals surface area contributed by atoms with E-state index in [9.17, 15) is 4.79 Å². The van der Waals surface area contributed by atoms with E-state index in [1.165, 1.54) is 44.1 Å². The minimum Gasteiger partial charge on any atom is -0.395 e. The fourth-order valence-electron chi connectivity index (χ4n) is 3.71. The van der Waals surface area contributed by atoms with Crippen molar-refractivity contribution in [3.05, 3.63) is 34.9 Å². The van der Waals surface area contributed by atoms with Crippen molar-refractivity contribution < 1.29 is 9.90 Å². The SMILES string of the molecule is Cc1cc(CC(C)CCCC(C)CCCC(C)C)ccc1C(=O)NCCO. The highest BCUT2D eigenvalue weighted by Gasteiger charge is 2.11. The van der Waals surface area contributed by atoms with Crippen molar-refractivity contribution >= 4 is 5.91 Å². The third kappa shape index (κ3) is 9.95. The van der Waals surface area contributed by atoms with Crippen LogP contribution in [0, 0.1) is 24.7 Å². The summed E-state index contributed by atoms with van der Waals surface area (Å²) in [5, 5.41) is 11.5. The van der Waals surface area contributed by atoms with Crippen LogP contribution < -0.4 is 5.32 Å². The molecule has 0 fully saturated rings. The summed E-state index contributed by atoms with van der Waals surface area (Å²) < 4.78 is 0. The number of nitrogens with one attached hydrogen (secondary N) is 1. The van der Waals surface area contributed by atoms with E-state index in [-0.39, 0.29) is 12.5 Å². The Hall–Kier alpha value is -1.35. The summed E-state index contributed by atoms with van der Waals surface area (Å²) in [5.41, 5.74) is 3.02. The molecule has 1 aromatic carbocycles. The number of carbonyl (C=O) groups is 1. The van der Waals surface area contributed by atoms with E-state index in [0.717, 1.165) is 23.8 Å². The van der Waals surface area contributed by atoms with Crippen LogP contribution in [-0.2, 0) is 6.42 Å². The largest absolute Gasteiger partial charge is 0.395 e. The second kappa shape index (κ2) is 12.9. The van der Waals surface area contributed by atoms with Crippen molar-refractivity contribution in [3.63, 3.8) is 0 Å². The first-order chi connectivity index (χ1) is 12.8. The van der Waals surface area contributed by atoms with Crippen molar-refractivity contribution in [3.8, 4) is 0 Å². The van der Waals surface area contributed by atoms with Gasteiger partial charge < -0.3 is 10.4 Å². The minimum absolute atomic E-state index is 0.0310. The highest BCUT2D eigenvalue weighted by atomic mass is 16.3. The monoisotopic (exact) mass is 375 g/mol. The predicted octanol–water partition coefficient (Wildman–Crippen LogP) is 5.53. The molecule has 2 unspecified atom stereocenters. The van der Waals surface area contributed by atoms with Gasteiger partial charge in [-0.25, -0.2) is 0 Å². The van der Waals surface area contributed by atoms with Crippen molar-refractivity contribution in [2.24, 2.45) is 17.8 Å². The van der Waals surface area contributed by atoms with Crippen LogP contribution in [0.3, 0.4) is 0 Å². The van der Waals surface area contributed by atoms with E-state index in [4.69, 9.17) is 5.11 Å². The Labute approximate surface area is 167 Å². The van der Waals surface area contributed by atoms with Crippen LogP contribution in [0.4, 0.5) is 0 Å². The summed E-state index contributed by atoms with van der Waals surface area (Å²) in [5.74, 6) is 2.23. The fourth-order valence-corrected chi connectivity index (χ4v) is 3.71. The first-order valence-corrected chi connectivity index (χ1v) is 10.8. The van der Waals surface area contributed by atoms with Crippen LogP contribution in [-0.4, -0.2) is 24.2 Å². The number of hydrogen-bond donors (Lipinski definition) is 2. The summed E-state index contributed by atoms with van der Waals surface area (Å²) in [7, 11) is 0. The number of aryl methyl sites for hydroxylation is 1. The topological polar surface area (TPSA) is 49.3 Å². The molecule has 0 spiro atoms. The Kier molecular flexibility index (Phi) is 11.3. The average molecular weight is 376 g/mol. The minimum atomic E-state index is -0.104. The zero-order valence-electron chi connectivity index (χ0n) is 18.2. The van der Waals surface area contributed by atoms with E-state index >= 15 is 0 Å². The maximum atomic E-state index is 12.1. The van der Waals surface area contributed by atoms with E-state index in [1.54, 1.807) is 0 Å². The Balaban J connectivity index is 2.36. The number of benzene rings is 1. The third-order valence-corrected chi connectivity index (χ3v) is 5.39. The molecule has 0 aromatic heterocycles. The lowest BCUT2D eigenvalue weighted by Crippen LogP contribution is -2.27. The smallest absolute Gasteiger partial charge is 0.251 e. The van der Waals surface area contributed by atoms with Gasteiger partial charge in [0.25, 0.3) is 5.91 Å². The lowest BCUT2D eigenvalue weighted by molar-refractivity contribution is 0.0944. The van der Waals surface area contributed by atoms with E-state index in [0.29, 0.717) is 18.0 Å². The van der Waals surface area contributed by atoms with Gasteiger partial charge in [-0.2, -0.15) is 0 Å². The first-order valence-electron chi connectivity index (χ1n) is 10.8. The number of carbonyl (C=O) groups excluding carboxylic acids is 1. The molecular formula is C24H41NO2. The molecule has 3 heteroatoms. The molecule has 3 nitrogen and oxygen atoms in total. The van der Waals surface area contributed by atoms with Gasteiger partial charge in [-0.15, -0.1) is 0 Å². The standard InChI is InChI=1S/C24H41NO2/c1-18(2)8-6-9-19(3)10-7-11-20(4)16-22-12-13-23(21(5)17-22)24(27)25-14-15-26/h12-13,17-20,26H,6-11,14-16H2,1-5H3,(H,25,27). The van der Waals surface area contributed by atoms with Gasteiger partial charge in [0.05, 0.1) is 6.61 Å². The van der Waals surface area contributed by atoms with Crippen molar-refractivity contribution in [2.75, 3.05) is 13.2 Å². The molecule has 2 N–H and O–H groups in total. The molecule has 2 atom stereocenters. The van der Waals surface area contributed by atoms with E-state index < -0.39 is 0 Å². The summed E-state index contributed by atoms with van der Waals surface area (Å²) >= 11 is 0. The molecule has 0 aliphatic heterocycles. The molecule has 1 amide bonds. The van der Waals surface area contributed by atoms with E-state index in [2.05, 4.69) is 45.1 Å². The maximum absolute atomic E-state index is 12.1. The Bertz CT molecular complexity index is 553. The quantitative estimate of drug-likeness (QED) is 0.476. The molecular weight excluding hydrogens is 334 g/mol. The summed E-state index contributed by atoms with van der Waals surface area (Å²) in [6, 6.07) is 6.13. The number of aliphatic hydroxyl groups excluding tert-OH is 1. The Morgan fingerprint density at radius 1 is 1.00 bits per heavy atom. The molecule has 0 saturated carbocycles. The fraction of sp³-hybridized carbons (Fsp3) is 0.708. The van der Waals surface area contributed by atoms with Crippen LogP contribution in [0.1, 0.15) is 87.7 Å². The molecule has 154 valence electrons. The van der Waals surface area contributed by atoms with Crippen LogP contribution in [0.2, 0.25) is 0 Å². The Morgan fingerprint density at radius 3 is 2.22 bits per heavy atom. The summed E-state index contributed by atoms with van der Waals surface area (Å²) in [4.78, 5) is 12.1. The summed E-state index contributed by atoms with van der Waals surface area (Å²) in [6.07, 6.45) is 9.08. The second-order valence-electron chi connectivity index (χ2n) is 8.80. The van der Waals surface area contributed by atoms with Gasteiger partial charge in [-0.3, -0.25) is 4.79 Å². The molecule has 0 radical (unpaired) electrons. The van der Waals surface area contributed by atoms with Crippen molar-refractivity contribution in [1.29, 1.82) is 0 Å².